The highest BCUT2D eigenvalue weighted by molar-refractivity contribution is 5.84. The Balaban J connectivity index is 1.60. The number of aromatic amines is 1. The number of aromatic nitrogens is 1. The van der Waals surface area contributed by atoms with Crippen molar-refractivity contribution in [3.8, 4) is 5.75 Å². The number of hydrogen-bond donors (Lipinski definition) is 2. The van der Waals surface area contributed by atoms with Crippen molar-refractivity contribution >= 4 is 16.8 Å². The van der Waals surface area contributed by atoms with Gasteiger partial charge in [-0.25, -0.2) is 0 Å². The van der Waals surface area contributed by atoms with Crippen LogP contribution in [0.15, 0.2) is 54.7 Å². The molecule has 1 fully saturated rings. The van der Waals surface area contributed by atoms with Crippen molar-refractivity contribution in [1.82, 2.24) is 15.2 Å². The maximum Gasteiger partial charge on any atom is 0.224 e. The Morgan fingerprint density at radius 3 is 2.75 bits per heavy atom. The summed E-state index contributed by atoms with van der Waals surface area (Å²) in [5.41, 5.74) is 3.47. The monoisotopic (exact) mass is 377 g/mol. The van der Waals surface area contributed by atoms with Gasteiger partial charge in [-0.3, -0.25) is 4.79 Å². The average Bonchev–Trinajstić information content (AvgIpc) is 3.35. The van der Waals surface area contributed by atoms with Gasteiger partial charge in [-0.1, -0.05) is 30.3 Å². The molecule has 0 spiro atoms. The van der Waals surface area contributed by atoms with Crippen LogP contribution in [0.25, 0.3) is 10.9 Å². The van der Waals surface area contributed by atoms with Crippen molar-refractivity contribution in [3.05, 3.63) is 65.9 Å². The molecule has 5 nitrogen and oxygen atoms in total. The number of fused-ring (bicyclic) bond motifs is 1. The summed E-state index contributed by atoms with van der Waals surface area (Å²) >= 11 is 0. The number of carbonyl (C=O) groups is 1. The summed E-state index contributed by atoms with van der Waals surface area (Å²) in [6.07, 6.45) is 3.00. The first kappa shape index (κ1) is 18.6. The van der Waals surface area contributed by atoms with Crippen LogP contribution in [0.3, 0.4) is 0 Å². The smallest absolute Gasteiger partial charge is 0.224 e. The number of carbonyl (C=O) groups excluding carboxylic acids is 1. The topological polar surface area (TPSA) is 57.4 Å². The number of hydrogen-bond acceptors (Lipinski definition) is 3. The number of H-pyrrole nitrogens is 1. The molecule has 0 saturated carbocycles. The molecule has 2 heterocycles. The van der Waals surface area contributed by atoms with Gasteiger partial charge in [0.2, 0.25) is 5.91 Å². The van der Waals surface area contributed by atoms with E-state index in [1.165, 1.54) is 10.9 Å². The summed E-state index contributed by atoms with van der Waals surface area (Å²) in [4.78, 5) is 18.3. The van der Waals surface area contributed by atoms with E-state index in [9.17, 15) is 4.79 Å². The van der Waals surface area contributed by atoms with Crippen LogP contribution in [-0.2, 0) is 4.79 Å². The number of benzene rings is 2. The minimum absolute atomic E-state index is 0.0742. The van der Waals surface area contributed by atoms with Crippen LogP contribution >= 0.6 is 0 Å². The highest BCUT2D eigenvalue weighted by Crippen LogP contribution is 2.31. The third kappa shape index (κ3) is 3.76. The van der Waals surface area contributed by atoms with Gasteiger partial charge in [-0.2, -0.15) is 0 Å². The molecular formula is C23H27N3O2. The van der Waals surface area contributed by atoms with Gasteiger partial charge in [-0.05, 0) is 49.3 Å². The minimum Gasteiger partial charge on any atom is -0.497 e. The largest absolute Gasteiger partial charge is 0.497 e. The molecule has 2 unspecified atom stereocenters. The van der Waals surface area contributed by atoms with Crippen LogP contribution in [0, 0.1) is 5.92 Å². The molecular weight excluding hydrogens is 350 g/mol. The quantitative estimate of drug-likeness (QED) is 0.692. The van der Waals surface area contributed by atoms with Gasteiger partial charge in [0.1, 0.15) is 5.75 Å². The number of para-hydroxylation sites is 1. The normalized spacial score (nSPS) is 18.3. The van der Waals surface area contributed by atoms with E-state index >= 15 is 0 Å². The Bertz CT molecular complexity index is 948. The number of amides is 1. The molecule has 2 N–H and O–H groups in total. The van der Waals surface area contributed by atoms with E-state index in [4.69, 9.17) is 4.74 Å². The summed E-state index contributed by atoms with van der Waals surface area (Å²) in [5.74, 6) is 1.15. The molecule has 146 valence electrons. The summed E-state index contributed by atoms with van der Waals surface area (Å²) in [7, 11) is 3.74. The molecule has 1 aromatic heterocycles. The number of ether oxygens (including phenoxy) is 1. The molecule has 2 aromatic carbocycles. The Morgan fingerprint density at radius 2 is 2.04 bits per heavy atom. The molecule has 28 heavy (non-hydrogen) atoms. The second-order valence-electron chi connectivity index (χ2n) is 7.61. The number of nitrogens with zero attached hydrogens (tertiary/aromatic N) is 1. The number of nitrogens with one attached hydrogen (secondary N) is 2. The highest BCUT2D eigenvalue weighted by Gasteiger charge is 2.27. The Morgan fingerprint density at radius 1 is 1.25 bits per heavy atom. The van der Waals surface area contributed by atoms with E-state index in [1.54, 1.807) is 7.11 Å². The first-order chi connectivity index (χ1) is 13.7. The van der Waals surface area contributed by atoms with E-state index in [1.807, 2.05) is 18.2 Å². The molecule has 0 bridgehead atoms. The van der Waals surface area contributed by atoms with Crippen molar-refractivity contribution in [3.63, 3.8) is 0 Å². The third-order valence-corrected chi connectivity index (χ3v) is 5.76. The van der Waals surface area contributed by atoms with Crippen LogP contribution < -0.4 is 10.1 Å². The lowest BCUT2D eigenvalue weighted by atomic mass is 9.90. The number of methoxy groups -OCH3 is 1. The van der Waals surface area contributed by atoms with Crippen molar-refractivity contribution in [2.45, 2.75) is 12.3 Å². The van der Waals surface area contributed by atoms with Crippen LogP contribution in [0.5, 0.6) is 5.75 Å². The SMILES string of the molecule is COc1ccc(C(CNC(=O)C2CCN(C)C2)c2c[nH]c3ccccc23)cc1. The van der Waals surface area contributed by atoms with Gasteiger partial charge in [-0.15, -0.1) is 0 Å². The van der Waals surface area contributed by atoms with Gasteiger partial charge in [0, 0.05) is 36.1 Å². The van der Waals surface area contributed by atoms with Crippen LogP contribution in [-0.4, -0.2) is 49.6 Å². The lowest BCUT2D eigenvalue weighted by Crippen LogP contribution is -2.35. The molecule has 0 aliphatic carbocycles. The number of likely N-dealkylation sites (tertiary alicyclic amines) is 1. The van der Waals surface area contributed by atoms with Crippen LogP contribution in [0.4, 0.5) is 0 Å². The zero-order valence-corrected chi connectivity index (χ0v) is 16.4. The molecule has 1 aliphatic heterocycles. The maximum absolute atomic E-state index is 12.7. The average molecular weight is 377 g/mol. The molecule has 3 aromatic rings. The van der Waals surface area contributed by atoms with Gasteiger partial charge in [0.25, 0.3) is 0 Å². The van der Waals surface area contributed by atoms with E-state index in [0.29, 0.717) is 6.54 Å². The number of rotatable bonds is 6. The van der Waals surface area contributed by atoms with E-state index in [-0.39, 0.29) is 17.7 Å². The van der Waals surface area contributed by atoms with Gasteiger partial charge in [0.05, 0.1) is 13.0 Å². The Kier molecular flexibility index (Phi) is 5.35. The predicted molar refractivity (Wildman–Crippen MR) is 112 cm³/mol. The lowest BCUT2D eigenvalue weighted by Gasteiger charge is -2.20. The Hall–Kier alpha value is -2.79. The third-order valence-electron chi connectivity index (χ3n) is 5.76. The Labute approximate surface area is 165 Å². The fraction of sp³-hybridized carbons (Fsp3) is 0.348. The van der Waals surface area contributed by atoms with E-state index < -0.39 is 0 Å². The standard InChI is InChI=1S/C23H27N3O2/c1-26-12-11-17(15-26)23(27)25-13-20(16-7-9-18(28-2)10-8-16)21-14-24-22-6-4-3-5-19(21)22/h3-10,14,17,20,24H,11-13,15H2,1-2H3,(H,25,27). The van der Waals surface area contributed by atoms with Gasteiger partial charge < -0.3 is 19.9 Å². The van der Waals surface area contributed by atoms with Gasteiger partial charge in [0.15, 0.2) is 0 Å². The molecule has 1 amide bonds. The maximum atomic E-state index is 12.7. The molecule has 1 aliphatic rings. The first-order valence-electron chi connectivity index (χ1n) is 9.82. The predicted octanol–water partition coefficient (Wildman–Crippen LogP) is 3.38. The van der Waals surface area contributed by atoms with Crippen molar-refractivity contribution < 1.29 is 9.53 Å². The van der Waals surface area contributed by atoms with Crippen molar-refractivity contribution in [2.75, 3.05) is 33.8 Å². The second kappa shape index (κ2) is 8.07. The fourth-order valence-corrected chi connectivity index (χ4v) is 4.12. The summed E-state index contributed by atoms with van der Waals surface area (Å²) < 4.78 is 5.31. The van der Waals surface area contributed by atoms with Crippen molar-refractivity contribution in [1.29, 1.82) is 0 Å². The minimum atomic E-state index is 0.0742. The molecule has 5 heteroatoms. The van der Waals surface area contributed by atoms with E-state index in [2.05, 4.69) is 58.8 Å². The zero-order chi connectivity index (χ0) is 19.5. The summed E-state index contributed by atoms with van der Waals surface area (Å²) in [5, 5.41) is 4.41. The first-order valence-corrected chi connectivity index (χ1v) is 9.82. The van der Waals surface area contributed by atoms with Crippen LogP contribution in [0.1, 0.15) is 23.5 Å². The zero-order valence-electron chi connectivity index (χ0n) is 16.4. The summed E-state index contributed by atoms with van der Waals surface area (Å²) in [6.45, 7) is 2.40. The molecule has 4 rings (SSSR count). The molecule has 1 saturated heterocycles. The van der Waals surface area contributed by atoms with Crippen molar-refractivity contribution in [2.24, 2.45) is 5.92 Å². The fourth-order valence-electron chi connectivity index (χ4n) is 4.12. The molecule has 2 atom stereocenters. The summed E-state index contributed by atoms with van der Waals surface area (Å²) in [6, 6.07) is 16.4. The lowest BCUT2D eigenvalue weighted by molar-refractivity contribution is -0.124. The highest BCUT2D eigenvalue weighted by atomic mass is 16.5. The molecule has 0 radical (unpaired) electrons. The van der Waals surface area contributed by atoms with E-state index in [0.717, 1.165) is 36.3 Å². The van der Waals surface area contributed by atoms with Crippen LogP contribution in [0.2, 0.25) is 0 Å². The van der Waals surface area contributed by atoms with Gasteiger partial charge >= 0.3 is 0 Å². The second-order valence-corrected chi connectivity index (χ2v) is 7.61.